The second kappa shape index (κ2) is 10.8. The summed E-state index contributed by atoms with van der Waals surface area (Å²) in [6, 6.07) is 5.33. The number of hydrogen-bond acceptors (Lipinski definition) is 9. The van der Waals surface area contributed by atoms with E-state index in [1.807, 2.05) is 0 Å². The first-order valence-electron chi connectivity index (χ1n) is 12.1. The van der Waals surface area contributed by atoms with E-state index in [-0.39, 0.29) is 10.9 Å². The molecule has 1 aromatic carbocycles. The van der Waals surface area contributed by atoms with Gasteiger partial charge in [0.25, 0.3) is 5.56 Å². The van der Waals surface area contributed by atoms with Crippen LogP contribution in [0.1, 0.15) is 52.7 Å². The molecule has 0 atom stereocenters. The number of carbonyl (C=O) groups excluding carboxylic acids is 2. The van der Waals surface area contributed by atoms with Gasteiger partial charge in [-0.3, -0.25) is 9.36 Å². The van der Waals surface area contributed by atoms with Crippen molar-refractivity contribution in [1.29, 1.82) is 0 Å². The molecule has 0 radical (unpaired) electrons. The van der Waals surface area contributed by atoms with Gasteiger partial charge in [-0.25, -0.2) is 23.0 Å². The molecular weight excluding hydrogens is 569 g/mol. The summed E-state index contributed by atoms with van der Waals surface area (Å²) in [5, 5.41) is -0.946. The summed E-state index contributed by atoms with van der Waals surface area (Å²) >= 11 is 0. The van der Waals surface area contributed by atoms with E-state index in [4.69, 9.17) is 9.47 Å². The number of carbonyl (C=O) groups is 2. The van der Waals surface area contributed by atoms with Crippen LogP contribution in [0, 0.1) is 0 Å². The van der Waals surface area contributed by atoms with Gasteiger partial charge in [0.05, 0.1) is 23.2 Å². The Morgan fingerprint density at radius 3 is 2.00 bits per heavy atom. The molecule has 41 heavy (non-hydrogen) atoms. The Labute approximate surface area is 233 Å². The number of anilines is 1. The zero-order valence-corrected chi connectivity index (χ0v) is 24.2. The molecule has 0 aliphatic rings. The fourth-order valence-electron chi connectivity index (χ4n) is 3.63. The maximum Gasteiger partial charge on any atom is 0.424 e. The van der Waals surface area contributed by atoms with Crippen molar-refractivity contribution < 1.29 is 40.7 Å². The molecule has 0 N–H and O–H groups in total. The predicted molar refractivity (Wildman–Crippen MR) is 142 cm³/mol. The first-order chi connectivity index (χ1) is 18.6. The fourth-order valence-corrected chi connectivity index (χ4v) is 4.13. The third-order valence-corrected chi connectivity index (χ3v) is 6.04. The summed E-state index contributed by atoms with van der Waals surface area (Å²) < 4.78 is 77.1. The van der Waals surface area contributed by atoms with Crippen LogP contribution in [0.5, 0.6) is 0 Å². The van der Waals surface area contributed by atoms with Gasteiger partial charge in [-0.05, 0) is 53.2 Å². The molecule has 3 rings (SSSR count). The molecular formula is C26H29F3N4O7S. The minimum Gasteiger partial charge on any atom is -0.443 e. The van der Waals surface area contributed by atoms with Crippen molar-refractivity contribution in [3.8, 4) is 0 Å². The van der Waals surface area contributed by atoms with E-state index in [0.29, 0.717) is 4.90 Å². The van der Waals surface area contributed by atoms with Crippen molar-refractivity contribution in [3.05, 3.63) is 58.0 Å². The summed E-state index contributed by atoms with van der Waals surface area (Å²) in [7, 11) is -4.06. The Hall–Kier alpha value is -4.01. The van der Waals surface area contributed by atoms with E-state index in [0.717, 1.165) is 35.2 Å². The van der Waals surface area contributed by atoms with E-state index in [9.17, 15) is 36.0 Å². The molecule has 3 aromatic rings. The summed E-state index contributed by atoms with van der Waals surface area (Å²) in [6.07, 6.45) is -5.48. The van der Waals surface area contributed by atoms with Gasteiger partial charge in [0.1, 0.15) is 16.8 Å². The molecule has 15 heteroatoms. The van der Waals surface area contributed by atoms with Gasteiger partial charge < -0.3 is 9.47 Å². The van der Waals surface area contributed by atoms with Crippen LogP contribution in [0.2, 0.25) is 0 Å². The quantitative estimate of drug-likeness (QED) is 0.382. The summed E-state index contributed by atoms with van der Waals surface area (Å²) in [6.45, 7) is 8.54. The zero-order chi connectivity index (χ0) is 31.1. The highest BCUT2D eigenvalue weighted by molar-refractivity contribution is 7.90. The Kier molecular flexibility index (Phi) is 8.27. The number of nitrogens with zero attached hydrogens (tertiary/aromatic N) is 4. The average molecular weight is 599 g/mol. The molecule has 0 unspecified atom stereocenters. The summed E-state index contributed by atoms with van der Waals surface area (Å²) in [5.74, 6) is 0. The molecule has 0 spiro atoms. The second-order valence-electron chi connectivity index (χ2n) is 11.1. The average Bonchev–Trinajstić information content (AvgIpc) is 2.78. The lowest BCUT2D eigenvalue weighted by atomic mass is 10.1. The van der Waals surface area contributed by atoms with Gasteiger partial charge in [-0.1, -0.05) is 18.2 Å². The molecule has 0 aliphatic carbocycles. The molecule has 0 saturated carbocycles. The highest BCUT2D eigenvalue weighted by atomic mass is 32.2. The second-order valence-corrected chi connectivity index (χ2v) is 13.0. The van der Waals surface area contributed by atoms with Crippen LogP contribution in [-0.2, 0) is 32.0 Å². The van der Waals surface area contributed by atoms with Crippen molar-refractivity contribution in [3.63, 3.8) is 0 Å². The molecule has 2 aromatic heterocycles. The van der Waals surface area contributed by atoms with Crippen molar-refractivity contribution in [2.45, 2.75) is 70.6 Å². The monoisotopic (exact) mass is 598 g/mol. The smallest absolute Gasteiger partial charge is 0.424 e. The number of halogens is 3. The molecule has 2 heterocycles. The molecule has 222 valence electrons. The molecule has 11 nitrogen and oxygen atoms in total. The molecule has 2 amide bonds. The van der Waals surface area contributed by atoms with Crippen LogP contribution in [0.4, 0.5) is 28.4 Å². The largest absolute Gasteiger partial charge is 0.443 e. The third-order valence-electron chi connectivity index (χ3n) is 5.18. The van der Waals surface area contributed by atoms with E-state index in [2.05, 4.69) is 9.97 Å². The number of fused-ring (bicyclic) bond motifs is 1. The number of rotatable bonds is 4. The van der Waals surface area contributed by atoms with Gasteiger partial charge in [0, 0.05) is 18.5 Å². The van der Waals surface area contributed by atoms with Crippen LogP contribution < -0.4 is 10.5 Å². The minimum absolute atomic E-state index is 0.210. The zero-order valence-electron chi connectivity index (χ0n) is 23.4. The predicted octanol–water partition coefficient (Wildman–Crippen LogP) is 4.94. The van der Waals surface area contributed by atoms with Crippen LogP contribution >= 0.6 is 0 Å². The van der Waals surface area contributed by atoms with Gasteiger partial charge in [0.2, 0.25) is 15.0 Å². The number of amides is 2. The first kappa shape index (κ1) is 31.5. The van der Waals surface area contributed by atoms with E-state index >= 15 is 0 Å². The number of alkyl halides is 3. The topological polar surface area (TPSA) is 138 Å². The van der Waals surface area contributed by atoms with Gasteiger partial charge in [0.15, 0.2) is 0 Å². The highest BCUT2D eigenvalue weighted by Crippen LogP contribution is 2.33. The van der Waals surface area contributed by atoms with Gasteiger partial charge in [-0.2, -0.15) is 23.1 Å². The lowest BCUT2D eigenvalue weighted by Gasteiger charge is -2.29. The van der Waals surface area contributed by atoms with Gasteiger partial charge >= 0.3 is 18.4 Å². The SMILES string of the molecule is CC(C)(C)OC(=O)N(C(=O)OC(C)(C)C)c1cc(=O)n(Cc2ccccc2C(F)(F)F)c2nc(S(C)(=O)=O)ncc12. The Morgan fingerprint density at radius 1 is 0.976 bits per heavy atom. The number of ether oxygens (including phenoxy) is 2. The van der Waals surface area contributed by atoms with Crippen LogP contribution in [-0.4, -0.2) is 52.6 Å². The number of hydrogen-bond donors (Lipinski definition) is 0. The fraction of sp³-hybridized carbons (Fsp3) is 0.423. The van der Waals surface area contributed by atoms with Crippen molar-refractivity contribution in [2.24, 2.45) is 0 Å². The van der Waals surface area contributed by atoms with Gasteiger partial charge in [-0.15, -0.1) is 0 Å². The Bertz CT molecular complexity index is 1640. The maximum atomic E-state index is 13.7. The van der Waals surface area contributed by atoms with E-state index in [1.165, 1.54) is 53.7 Å². The summed E-state index contributed by atoms with van der Waals surface area (Å²) in [4.78, 5) is 48.1. The van der Waals surface area contributed by atoms with Crippen LogP contribution in [0.3, 0.4) is 0 Å². The minimum atomic E-state index is -4.76. The number of imide groups is 1. The van der Waals surface area contributed by atoms with Crippen molar-refractivity contribution in [1.82, 2.24) is 14.5 Å². The molecule has 0 bridgehead atoms. The summed E-state index contributed by atoms with van der Waals surface area (Å²) in [5.41, 5.74) is -5.39. The first-order valence-corrected chi connectivity index (χ1v) is 14.0. The number of pyridine rings is 1. The lowest BCUT2D eigenvalue weighted by Crippen LogP contribution is -2.44. The normalized spacial score (nSPS) is 12.7. The van der Waals surface area contributed by atoms with E-state index < -0.39 is 73.6 Å². The van der Waals surface area contributed by atoms with Crippen molar-refractivity contribution >= 4 is 38.7 Å². The molecule has 0 saturated heterocycles. The molecule has 0 aliphatic heterocycles. The highest BCUT2D eigenvalue weighted by Gasteiger charge is 2.36. The Morgan fingerprint density at radius 2 is 1.51 bits per heavy atom. The Balaban J connectivity index is 2.38. The third kappa shape index (κ3) is 7.60. The maximum absolute atomic E-state index is 13.7. The molecule has 0 fully saturated rings. The van der Waals surface area contributed by atoms with E-state index in [1.54, 1.807) is 0 Å². The van der Waals surface area contributed by atoms with Crippen LogP contribution in [0.25, 0.3) is 11.0 Å². The van der Waals surface area contributed by atoms with Crippen molar-refractivity contribution in [2.75, 3.05) is 11.2 Å². The number of aromatic nitrogens is 3. The lowest BCUT2D eigenvalue weighted by molar-refractivity contribution is -0.138. The number of benzene rings is 1. The standard InChI is InChI=1S/C26H29F3N4O7S/c1-24(2,3)39-22(35)33(23(36)40-25(4,5)6)18-12-19(34)32(14-15-10-8-9-11-17(15)26(27,28)29)20-16(18)13-30-21(31-20)41(7,37)38/h8-13H,14H2,1-7H3. The van der Waals surface area contributed by atoms with Crippen LogP contribution in [0.15, 0.2) is 46.5 Å². The number of sulfone groups is 1.